The van der Waals surface area contributed by atoms with Crippen molar-refractivity contribution in [1.29, 1.82) is 5.26 Å². The van der Waals surface area contributed by atoms with E-state index in [0.717, 1.165) is 39.9 Å². The summed E-state index contributed by atoms with van der Waals surface area (Å²) in [5, 5.41) is 14.2. The number of aryl methyl sites for hydroxylation is 1. The highest BCUT2D eigenvalue weighted by Crippen LogP contribution is 2.38. The molecule has 4 heteroatoms. The molecular formula is C24H21N3S. The van der Waals surface area contributed by atoms with Gasteiger partial charge in [0.1, 0.15) is 11.1 Å². The molecule has 138 valence electrons. The van der Waals surface area contributed by atoms with E-state index in [1.54, 1.807) is 11.3 Å². The van der Waals surface area contributed by atoms with E-state index < -0.39 is 0 Å². The number of thiophene rings is 1. The number of nitrogens with one attached hydrogen (secondary N) is 1. The zero-order valence-corrected chi connectivity index (χ0v) is 16.5. The molecule has 0 unspecified atom stereocenters. The fourth-order valence-electron chi connectivity index (χ4n) is 4.24. The molecule has 2 heterocycles. The van der Waals surface area contributed by atoms with Crippen LogP contribution in [0.4, 0.5) is 5.00 Å². The summed E-state index contributed by atoms with van der Waals surface area (Å²) in [7, 11) is 0. The molecule has 0 radical (unpaired) electrons. The second kappa shape index (κ2) is 7.26. The first kappa shape index (κ1) is 17.2. The molecule has 0 aliphatic heterocycles. The van der Waals surface area contributed by atoms with Gasteiger partial charge in [-0.25, -0.2) is 4.99 Å². The summed E-state index contributed by atoms with van der Waals surface area (Å²) in [6, 6.07) is 15.1. The Labute approximate surface area is 168 Å². The number of aromatic nitrogens is 1. The molecule has 1 N–H and O–H groups in total. The maximum absolute atomic E-state index is 9.75. The predicted octanol–water partition coefficient (Wildman–Crippen LogP) is 6.66. The zero-order valence-electron chi connectivity index (χ0n) is 15.7. The van der Waals surface area contributed by atoms with Crippen LogP contribution in [0.5, 0.6) is 0 Å². The fraction of sp³-hybridized carbons (Fsp3) is 0.250. The van der Waals surface area contributed by atoms with E-state index in [9.17, 15) is 5.26 Å². The largest absolute Gasteiger partial charge is 0.360 e. The van der Waals surface area contributed by atoms with Gasteiger partial charge in [0.05, 0.1) is 11.1 Å². The van der Waals surface area contributed by atoms with Crippen LogP contribution in [0, 0.1) is 11.3 Å². The molecule has 2 aromatic carbocycles. The van der Waals surface area contributed by atoms with Gasteiger partial charge < -0.3 is 4.98 Å². The van der Waals surface area contributed by atoms with Gasteiger partial charge in [-0.15, -0.1) is 11.3 Å². The second-order valence-electron chi connectivity index (χ2n) is 7.42. The lowest BCUT2D eigenvalue weighted by atomic mass is 9.97. The summed E-state index contributed by atoms with van der Waals surface area (Å²) in [5.41, 5.74) is 4.25. The molecule has 1 aliphatic carbocycles. The standard InChI is InChI=1S/C24H21N3S/c25-13-21-20-9-3-1-2-4-10-22(20)28-24(21)27-15-17-14-26-23-18-8-6-5-7-16(18)11-12-19(17)23/h5-8,11-12,14-15,26H,1-4,9-10H2/b27-15+. The topological polar surface area (TPSA) is 51.9 Å². The quantitative estimate of drug-likeness (QED) is 0.386. The van der Waals surface area contributed by atoms with Crippen LogP contribution in [0.1, 0.15) is 47.3 Å². The number of hydrogen-bond donors (Lipinski definition) is 1. The molecule has 0 bridgehead atoms. The molecule has 0 amide bonds. The van der Waals surface area contributed by atoms with Gasteiger partial charge in [0, 0.05) is 33.6 Å². The highest BCUT2D eigenvalue weighted by molar-refractivity contribution is 7.16. The smallest absolute Gasteiger partial charge is 0.134 e. The molecule has 0 saturated carbocycles. The maximum atomic E-state index is 9.75. The third-order valence-electron chi connectivity index (χ3n) is 5.70. The summed E-state index contributed by atoms with van der Waals surface area (Å²) < 4.78 is 0. The number of H-pyrrole nitrogens is 1. The van der Waals surface area contributed by atoms with Crippen molar-refractivity contribution in [2.75, 3.05) is 0 Å². The molecule has 1 aliphatic rings. The minimum atomic E-state index is 0.795. The lowest BCUT2D eigenvalue weighted by molar-refractivity contribution is 0.622. The highest BCUT2D eigenvalue weighted by Gasteiger charge is 2.18. The Balaban J connectivity index is 1.55. The number of fused-ring (bicyclic) bond motifs is 4. The van der Waals surface area contributed by atoms with Gasteiger partial charge in [-0.3, -0.25) is 0 Å². The van der Waals surface area contributed by atoms with E-state index in [1.165, 1.54) is 46.9 Å². The van der Waals surface area contributed by atoms with Crippen molar-refractivity contribution in [3.8, 4) is 6.07 Å². The zero-order chi connectivity index (χ0) is 18.9. The number of aliphatic imine (C=N–C) groups is 1. The van der Waals surface area contributed by atoms with Crippen LogP contribution >= 0.6 is 11.3 Å². The van der Waals surface area contributed by atoms with Crippen LogP contribution in [0.15, 0.2) is 47.6 Å². The summed E-state index contributed by atoms with van der Waals surface area (Å²) in [6.45, 7) is 0. The van der Waals surface area contributed by atoms with Crippen molar-refractivity contribution in [2.24, 2.45) is 4.99 Å². The first-order valence-electron chi connectivity index (χ1n) is 9.92. The highest BCUT2D eigenvalue weighted by atomic mass is 32.1. The average Bonchev–Trinajstić information content (AvgIpc) is 3.27. The van der Waals surface area contributed by atoms with Crippen molar-refractivity contribution < 1.29 is 0 Å². The van der Waals surface area contributed by atoms with Gasteiger partial charge in [0.15, 0.2) is 0 Å². The van der Waals surface area contributed by atoms with Gasteiger partial charge in [0.2, 0.25) is 0 Å². The van der Waals surface area contributed by atoms with Crippen molar-refractivity contribution in [3.63, 3.8) is 0 Å². The Morgan fingerprint density at radius 3 is 2.75 bits per heavy atom. The molecule has 0 saturated heterocycles. The molecule has 4 aromatic rings. The third-order valence-corrected chi connectivity index (χ3v) is 6.90. The first-order valence-corrected chi connectivity index (χ1v) is 10.7. The number of nitriles is 1. The van der Waals surface area contributed by atoms with Gasteiger partial charge >= 0.3 is 0 Å². The minimum absolute atomic E-state index is 0.795. The van der Waals surface area contributed by atoms with Crippen LogP contribution in [0.3, 0.4) is 0 Å². The van der Waals surface area contributed by atoms with E-state index >= 15 is 0 Å². The SMILES string of the molecule is N#Cc1c(/N=C/c2c[nH]c3c2ccc2ccccc23)sc2c1CCCCCC2. The minimum Gasteiger partial charge on any atom is -0.360 e. The van der Waals surface area contributed by atoms with Crippen molar-refractivity contribution in [1.82, 2.24) is 4.98 Å². The monoisotopic (exact) mass is 383 g/mol. The summed E-state index contributed by atoms with van der Waals surface area (Å²) in [5.74, 6) is 0. The van der Waals surface area contributed by atoms with Gasteiger partial charge in [-0.05, 0) is 36.6 Å². The van der Waals surface area contributed by atoms with Gasteiger partial charge in [0.25, 0.3) is 0 Å². The summed E-state index contributed by atoms with van der Waals surface area (Å²) >= 11 is 1.71. The Morgan fingerprint density at radius 2 is 1.86 bits per heavy atom. The first-order chi connectivity index (χ1) is 13.8. The lowest BCUT2D eigenvalue weighted by Crippen LogP contribution is -1.97. The molecule has 0 spiro atoms. The Bertz CT molecular complexity index is 1240. The number of rotatable bonds is 2. The Morgan fingerprint density at radius 1 is 1.00 bits per heavy atom. The van der Waals surface area contributed by atoms with E-state index in [2.05, 4.69) is 47.5 Å². The van der Waals surface area contributed by atoms with E-state index in [4.69, 9.17) is 4.99 Å². The Kier molecular flexibility index (Phi) is 4.46. The third kappa shape index (κ3) is 2.93. The summed E-state index contributed by atoms with van der Waals surface area (Å²) in [6.07, 6.45) is 11.0. The average molecular weight is 384 g/mol. The van der Waals surface area contributed by atoms with Crippen LogP contribution < -0.4 is 0 Å². The molecular weight excluding hydrogens is 362 g/mol. The fourth-order valence-corrected chi connectivity index (χ4v) is 5.42. The van der Waals surface area contributed by atoms with E-state index in [1.807, 2.05) is 12.4 Å². The normalized spacial score (nSPS) is 14.8. The van der Waals surface area contributed by atoms with Gasteiger partial charge in [-0.2, -0.15) is 5.26 Å². The number of benzene rings is 2. The molecule has 0 fully saturated rings. The Hall–Kier alpha value is -2.90. The van der Waals surface area contributed by atoms with Crippen molar-refractivity contribution in [2.45, 2.75) is 38.5 Å². The van der Waals surface area contributed by atoms with Gasteiger partial charge in [-0.1, -0.05) is 49.2 Å². The maximum Gasteiger partial charge on any atom is 0.134 e. The molecule has 0 atom stereocenters. The van der Waals surface area contributed by atoms with E-state index in [-0.39, 0.29) is 0 Å². The molecule has 3 nitrogen and oxygen atoms in total. The number of nitrogens with zero attached hydrogens (tertiary/aromatic N) is 2. The van der Waals surface area contributed by atoms with Crippen LogP contribution in [0.2, 0.25) is 0 Å². The second-order valence-corrected chi connectivity index (χ2v) is 8.51. The van der Waals surface area contributed by atoms with Crippen LogP contribution in [-0.4, -0.2) is 11.2 Å². The number of hydrogen-bond acceptors (Lipinski definition) is 3. The predicted molar refractivity (Wildman–Crippen MR) is 118 cm³/mol. The van der Waals surface area contributed by atoms with Crippen LogP contribution in [-0.2, 0) is 12.8 Å². The van der Waals surface area contributed by atoms with Crippen molar-refractivity contribution >= 4 is 44.2 Å². The molecule has 2 aromatic heterocycles. The lowest BCUT2D eigenvalue weighted by Gasteiger charge is -2.08. The van der Waals surface area contributed by atoms with Crippen LogP contribution in [0.25, 0.3) is 21.7 Å². The molecule has 5 rings (SSSR count). The molecule has 28 heavy (non-hydrogen) atoms. The van der Waals surface area contributed by atoms with Crippen molar-refractivity contribution in [3.05, 3.63) is 64.2 Å². The summed E-state index contributed by atoms with van der Waals surface area (Å²) in [4.78, 5) is 9.54. The van der Waals surface area contributed by atoms with E-state index in [0.29, 0.717) is 0 Å². The number of aromatic amines is 1.